The molecule has 112 valence electrons. The van der Waals surface area contributed by atoms with Crippen LogP contribution in [0.4, 0.5) is 0 Å². The highest BCUT2D eigenvalue weighted by Crippen LogP contribution is 2.21. The van der Waals surface area contributed by atoms with Crippen LogP contribution in [0.25, 0.3) is 0 Å². The van der Waals surface area contributed by atoms with Gasteiger partial charge in [0, 0.05) is 6.04 Å². The van der Waals surface area contributed by atoms with Gasteiger partial charge in [-0.2, -0.15) is 0 Å². The van der Waals surface area contributed by atoms with E-state index in [-0.39, 0.29) is 16.8 Å². The molecule has 0 saturated carbocycles. The standard InChI is InChI=1S/C15H23NO3S/c1-6-13(16-20(18)15(2,3)4)11-8-7-9-12(10-11)14(17)19-5/h7-10,13,16H,6H2,1-5H3/t13-,20?/m0/s1. The summed E-state index contributed by atoms with van der Waals surface area (Å²) < 4.78 is 19.7. The van der Waals surface area contributed by atoms with Gasteiger partial charge in [-0.3, -0.25) is 0 Å². The Labute approximate surface area is 123 Å². The van der Waals surface area contributed by atoms with Crippen LogP contribution in [0, 0.1) is 0 Å². The Morgan fingerprint density at radius 2 is 2.05 bits per heavy atom. The average molecular weight is 297 g/mol. The molecule has 0 amide bonds. The highest BCUT2D eigenvalue weighted by molar-refractivity contribution is 7.84. The minimum atomic E-state index is -1.15. The SMILES string of the molecule is CC[C@H](NS(=O)C(C)(C)C)c1cccc(C(=O)OC)c1. The molecule has 0 aliphatic heterocycles. The fourth-order valence-corrected chi connectivity index (χ4v) is 2.61. The van der Waals surface area contributed by atoms with Gasteiger partial charge in [-0.05, 0) is 44.9 Å². The van der Waals surface area contributed by atoms with Crippen LogP contribution in [0.15, 0.2) is 24.3 Å². The van der Waals surface area contributed by atoms with Crippen molar-refractivity contribution >= 4 is 17.0 Å². The summed E-state index contributed by atoms with van der Waals surface area (Å²) in [5.74, 6) is -0.362. The Morgan fingerprint density at radius 3 is 2.55 bits per heavy atom. The molecule has 0 radical (unpaired) electrons. The van der Waals surface area contributed by atoms with E-state index in [9.17, 15) is 9.00 Å². The lowest BCUT2D eigenvalue weighted by Gasteiger charge is -2.24. The van der Waals surface area contributed by atoms with E-state index in [1.807, 2.05) is 39.8 Å². The van der Waals surface area contributed by atoms with E-state index in [2.05, 4.69) is 4.72 Å². The molecular weight excluding hydrogens is 274 g/mol. The van der Waals surface area contributed by atoms with Crippen molar-refractivity contribution in [3.05, 3.63) is 35.4 Å². The Morgan fingerprint density at radius 1 is 1.40 bits per heavy atom. The number of benzene rings is 1. The molecule has 1 N–H and O–H groups in total. The molecule has 0 aromatic heterocycles. The van der Waals surface area contributed by atoms with Gasteiger partial charge >= 0.3 is 5.97 Å². The summed E-state index contributed by atoms with van der Waals surface area (Å²) in [6.07, 6.45) is 0.784. The maximum Gasteiger partial charge on any atom is 0.337 e. The highest BCUT2D eigenvalue weighted by Gasteiger charge is 2.23. The molecule has 0 spiro atoms. The number of hydrogen-bond donors (Lipinski definition) is 1. The van der Waals surface area contributed by atoms with Crippen molar-refractivity contribution in [1.82, 2.24) is 4.72 Å². The largest absolute Gasteiger partial charge is 0.465 e. The van der Waals surface area contributed by atoms with Gasteiger partial charge in [-0.25, -0.2) is 13.7 Å². The normalized spacial score (nSPS) is 14.7. The van der Waals surface area contributed by atoms with Gasteiger partial charge in [0.05, 0.1) is 28.4 Å². The minimum Gasteiger partial charge on any atom is -0.465 e. The molecule has 20 heavy (non-hydrogen) atoms. The number of ether oxygens (including phenoxy) is 1. The molecule has 0 bridgehead atoms. The van der Waals surface area contributed by atoms with E-state index in [1.165, 1.54) is 7.11 Å². The van der Waals surface area contributed by atoms with Gasteiger partial charge in [0.25, 0.3) is 0 Å². The molecule has 1 aromatic rings. The number of hydrogen-bond acceptors (Lipinski definition) is 3. The second-order valence-corrected chi connectivity index (χ2v) is 7.57. The smallest absolute Gasteiger partial charge is 0.337 e. The quantitative estimate of drug-likeness (QED) is 0.850. The Balaban J connectivity index is 2.96. The molecule has 4 nitrogen and oxygen atoms in total. The lowest BCUT2D eigenvalue weighted by atomic mass is 10.0. The zero-order chi connectivity index (χ0) is 15.3. The Hall–Kier alpha value is -1.20. The lowest BCUT2D eigenvalue weighted by Crippen LogP contribution is -2.35. The Kier molecular flexibility index (Phi) is 5.89. The van der Waals surface area contributed by atoms with Gasteiger partial charge in [0.1, 0.15) is 0 Å². The van der Waals surface area contributed by atoms with Crippen LogP contribution in [-0.2, 0) is 15.7 Å². The fourth-order valence-electron chi connectivity index (χ4n) is 1.69. The van der Waals surface area contributed by atoms with Gasteiger partial charge in [-0.15, -0.1) is 0 Å². The third-order valence-electron chi connectivity index (χ3n) is 2.92. The summed E-state index contributed by atoms with van der Waals surface area (Å²) >= 11 is 0. The molecule has 0 aliphatic rings. The molecule has 0 heterocycles. The van der Waals surface area contributed by atoms with Crippen molar-refractivity contribution < 1.29 is 13.7 Å². The van der Waals surface area contributed by atoms with E-state index in [1.54, 1.807) is 12.1 Å². The third kappa shape index (κ3) is 4.42. The van der Waals surface area contributed by atoms with Crippen molar-refractivity contribution in [2.45, 2.75) is 44.9 Å². The van der Waals surface area contributed by atoms with E-state index in [0.717, 1.165) is 12.0 Å². The molecule has 2 atom stereocenters. The molecule has 5 heteroatoms. The van der Waals surface area contributed by atoms with Crippen molar-refractivity contribution in [2.24, 2.45) is 0 Å². The molecular formula is C15H23NO3S. The minimum absolute atomic E-state index is 0.0559. The van der Waals surface area contributed by atoms with Crippen LogP contribution in [0.3, 0.4) is 0 Å². The summed E-state index contributed by atoms with van der Waals surface area (Å²) in [6, 6.07) is 7.18. The molecule has 0 saturated heterocycles. The van der Waals surface area contributed by atoms with Crippen LogP contribution in [-0.4, -0.2) is 22.0 Å². The van der Waals surface area contributed by atoms with Crippen LogP contribution >= 0.6 is 0 Å². The first-order valence-corrected chi connectivity index (χ1v) is 7.81. The van der Waals surface area contributed by atoms with Gasteiger partial charge in [0.2, 0.25) is 0 Å². The molecule has 0 aliphatic carbocycles. The first kappa shape index (κ1) is 16.9. The monoisotopic (exact) mass is 297 g/mol. The van der Waals surface area contributed by atoms with Crippen LogP contribution < -0.4 is 4.72 Å². The van der Waals surface area contributed by atoms with E-state index in [4.69, 9.17) is 4.74 Å². The van der Waals surface area contributed by atoms with Crippen LogP contribution in [0.5, 0.6) is 0 Å². The number of nitrogens with one attached hydrogen (secondary N) is 1. The number of carbonyl (C=O) groups is 1. The predicted molar refractivity (Wildman–Crippen MR) is 81.8 cm³/mol. The number of esters is 1. The second-order valence-electron chi connectivity index (χ2n) is 5.58. The van der Waals surface area contributed by atoms with Crippen molar-refractivity contribution in [1.29, 1.82) is 0 Å². The number of rotatable bonds is 5. The maximum atomic E-state index is 12.2. The Bertz CT molecular complexity index is 494. The zero-order valence-corrected chi connectivity index (χ0v) is 13.5. The molecule has 0 fully saturated rings. The number of carbonyl (C=O) groups excluding carboxylic acids is 1. The average Bonchev–Trinajstić information content (AvgIpc) is 2.42. The molecule has 1 rings (SSSR count). The van der Waals surface area contributed by atoms with Gasteiger partial charge < -0.3 is 4.74 Å². The highest BCUT2D eigenvalue weighted by atomic mass is 32.2. The summed E-state index contributed by atoms with van der Waals surface area (Å²) in [5, 5.41) is 0. The van der Waals surface area contributed by atoms with E-state index < -0.39 is 11.0 Å². The van der Waals surface area contributed by atoms with Crippen LogP contribution in [0.2, 0.25) is 0 Å². The molecule has 1 unspecified atom stereocenters. The van der Waals surface area contributed by atoms with Crippen LogP contribution in [0.1, 0.15) is 56.1 Å². The van der Waals surface area contributed by atoms with Gasteiger partial charge in [-0.1, -0.05) is 19.1 Å². The molecule has 1 aromatic carbocycles. The maximum absolute atomic E-state index is 12.2. The summed E-state index contributed by atoms with van der Waals surface area (Å²) in [7, 11) is 0.207. The zero-order valence-electron chi connectivity index (χ0n) is 12.7. The summed E-state index contributed by atoms with van der Waals surface area (Å²) in [6.45, 7) is 7.79. The van der Waals surface area contributed by atoms with Crippen molar-refractivity contribution in [3.8, 4) is 0 Å². The number of methoxy groups -OCH3 is 1. The first-order chi connectivity index (χ1) is 9.29. The van der Waals surface area contributed by atoms with E-state index >= 15 is 0 Å². The van der Waals surface area contributed by atoms with Crippen molar-refractivity contribution in [2.75, 3.05) is 7.11 Å². The second kappa shape index (κ2) is 6.99. The van der Waals surface area contributed by atoms with Crippen molar-refractivity contribution in [3.63, 3.8) is 0 Å². The van der Waals surface area contributed by atoms with E-state index in [0.29, 0.717) is 5.56 Å². The predicted octanol–water partition coefficient (Wildman–Crippen LogP) is 2.98. The summed E-state index contributed by atoms with van der Waals surface area (Å²) in [4.78, 5) is 11.6. The third-order valence-corrected chi connectivity index (χ3v) is 4.53. The first-order valence-electron chi connectivity index (χ1n) is 6.66. The summed E-state index contributed by atoms with van der Waals surface area (Å²) in [5.41, 5.74) is 1.44. The van der Waals surface area contributed by atoms with Gasteiger partial charge in [0.15, 0.2) is 0 Å². The fraction of sp³-hybridized carbons (Fsp3) is 0.533. The topological polar surface area (TPSA) is 55.4 Å². The lowest BCUT2D eigenvalue weighted by molar-refractivity contribution is 0.0600.